The summed E-state index contributed by atoms with van der Waals surface area (Å²) in [7, 11) is 1.73. The molecular weight excluding hydrogens is 303 g/mol. The van der Waals surface area contributed by atoms with E-state index in [2.05, 4.69) is 5.10 Å². The predicted molar refractivity (Wildman–Crippen MR) is 75.7 cm³/mol. The van der Waals surface area contributed by atoms with Crippen LogP contribution in [0, 0.1) is 6.92 Å². The number of aromatic carboxylic acids is 1. The molecule has 0 aliphatic rings. The molecule has 1 N–H and O–H groups in total. The van der Waals surface area contributed by atoms with Gasteiger partial charge >= 0.3 is 5.97 Å². The third kappa shape index (κ3) is 2.89. The molecule has 7 heteroatoms. The van der Waals surface area contributed by atoms with Gasteiger partial charge in [0.05, 0.1) is 5.69 Å². The zero-order chi connectivity index (χ0) is 14.9. The van der Waals surface area contributed by atoms with Crippen molar-refractivity contribution in [2.45, 2.75) is 13.5 Å². The minimum atomic E-state index is -1.10. The molecular formula is C13H12Cl2N2O3. The number of aromatic nitrogens is 2. The number of benzene rings is 1. The monoisotopic (exact) mass is 314 g/mol. The topological polar surface area (TPSA) is 64.4 Å². The van der Waals surface area contributed by atoms with Crippen LogP contribution in [0.5, 0.6) is 5.75 Å². The Labute approximate surface area is 125 Å². The van der Waals surface area contributed by atoms with E-state index >= 15 is 0 Å². The fourth-order valence-electron chi connectivity index (χ4n) is 1.78. The Bertz CT molecular complexity index is 668. The standard InChI is InChI=1S/C13H12Cl2N2O3/c1-7-10(12(15)17(2)16-7)6-20-11-4-3-8(14)5-9(11)13(18)19/h3-5H,6H2,1-2H3,(H,18,19). The lowest BCUT2D eigenvalue weighted by molar-refractivity contribution is 0.0692. The summed E-state index contributed by atoms with van der Waals surface area (Å²) in [5.74, 6) is -0.863. The van der Waals surface area contributed by atoms with Crippen LogP contribution < -0.4 is 4.74 Å². The van der Waals surface area contributed by atoms with Crippen molar-refractivity contribution in [1.29, 1.82) is 0 Å². The summed E-state index contributed by atoms with van der Waals surface area (Å²) in [5.41, 5.74) is 1.47. The maximum Gasteiger partial charge on any atom is 0.339 e. The average Bonchev–Trinajstić information content (AvgIpc) is 2.62. The van der Waals surface area contributed by atoms with Crippen LogP contribution in [0.3, 0.4) is 0 Å². The van der Waals surface area contributed by atoms with E-state index in [0.29, 0.717) is 10.2 Å². The second-order valence-electron chi connectivity index (χ2n) is 4.21. The van der Waals surface area contributed by atoms with E-state index in [1.807, 2.05) is 6.92 Å². The van der Waals surface area contributed by atoms with E-state index in [1.54, 1.807) is 13.1 Å². The molecule has 1 heterocycles. The number of carboxylic acids is 1. The normalized spacial score (nSPS) is 10.6. The molecule has 2 aromatic rings. The van der Waals surface area contributed by atoms with Crippen LogP contribution in [-0.4, -0.2) is 20.9 Å². The Balaban J connectivity index is 2.25. The summed E-state index contributed by atoms with van der Waals surface area (Å²) in [6.45, 7) is 1.95. The summed E-state index contributed by atoms with van der Waals surface area (Å²) in [5, 5.41) is 14.1. The highest BCUT2D eigenvalue weighted by Gasteiger charge is 2.15. The van der Waals surface area contributed by atoms with Crippen LogP contribution >= 0.6 is 23.2 Å². The molecule has 0 spiro atoms. The molecule has 0 amide bonds. The van der Waals surface area contributed by atoms with Gasteiger partial charge in [0.15, 0.2) is 0 Å². The number of aryl methyl sites for hydroxylation is 2. The van der Waals surface area contributed by atoms with Crippen LogP contribution in [0.25, 0.3) is 0 Å². The number of halogens is 2. The number of rotatable bonds is 4. The lowest BCUT2D eigenvalue weighted by Gasteiger charge is -2.09. The van der Waals surface area contributed by atoms with Gasteiger partial charge in [-0.2, -0.15) is 5.10 Å². The maximum atomic E-state index is 11.1. The molecule has 106 valence electrons. The van der Waals surface area contributed by atoms with Gasteiger partial charge in [0, 0.05) is 17.6 Å². The van der Waals surface area contributed by atoms with Crippen LogP contribution in [0.15, 0.2) is 18.2 Å². The highest BCUT2D eigenvalue weighted by Crippen LogP contribution is 2.26. The molecule has 20 heavy (non-hydrogen) atoms. The van der Waals surface area contributed by atoms with Crippen molar-refractivity contribution in [3.63, 3.8) is 0 Å². The van der Waals surface area contributed by atoms with E-state index in [1.165, 1.54) is 16.8 Å². The molecule has 0 aliphatic heterocycles. The van der Waals surface area contributed by atoms with E-state index in [4.69, 9.17) is 33.0 Å². The maximum absolute atomic E-state index is 11.1. The van der Waals surface area contributed by atoms with Crippen molar-refractivity contribution in [3.05, 3.63) is 45.2 Å². The van der Waals surface area contributed by atoms with Gasteiger partial charge in [0.25, 0.3) is 0 Å². The number of hydrogen-bond donors (Lipinski definition) is 1. The van der Waals surface area contributed by atoms with Crippen LogP contribution in [0.2, 0.25) is 10.2 Å². The van der Waals surface area contributed by atoms with Crippen molar-refractivity contribution in [2.75, 3.05) is 0 Å². The van der Waals surface area contributed by atoms with Gasteiger partial charge in [-0.3, -0.25) is 4.68 Å². The van der Waals surface area contributed by atoms with Gasteiger partial charge < -0.3 is 9.84 Å². The number of ether oxygens (including phenoxy) is 1. The second kappa shape index (κ2) is 5.73. The fraction of sp³-hybridized carbons (Fsp3) is 0.231. The summed E-state index contributed by atoms with van der Waals surface area (Å²) in [6.07, 6.45) is 0. The Morgan fingerprint density at radius 3 is 2.70 bits per heavy atom. The minimum Gasteiger partial charge on any atom is -0.488 e. The molecule has 0 atom stereocenters. The number of nitrogens with zero attached hydrogens (tertiary/aromatic N) is 2. The SMILES string of the molecule is Cc1nn(C)c(Cl)c1COc1ccc(Cl)cc1C(=O)O. The molecule has 0 saturated carbocycles. The summed E-state index contributed by atoms with van der Waals surface area (Å²) in [6, 6.07) is 4.43. The van der Waals surface area contributed by atoms with Gasteiger partial charge in [0.1, 0.15) is 23.1 Å². The Morgan fingerprint density at radius 1 is 1.45 bits per heavy atom. The van der Waals surface area contributed by atoms with Gasteiger partial charge in [-0.25, -0.2) is 4.79 Å². The first-order valence-electron chi connectivity index (χ1n) is 5.73. The van der Waals surface area contributed by atoms with Crippen LogP contribution in [-0.2, 0) is 13.7 Å². The second-order valence-corrected chi connectivity index (χ2v) is 5.01. The first-order valence-corrected chi connectivity index (χ1v) is 6.49. The third-order valence-corrected chi connectivity index (χ3v) is 3.52. The first-order chi connectivity index (χ1) is 9.40. The molecule has 0 bridgehead atoms. The molecule has 5 nitrogen and oxygen atoms in total. The summed E-state index contributed by atoms with van der Waals surface area (Å²) < 4.78 is 7.07. The molecule has 0 aliphatic carbocycles. The Kier molecular flexibility index (Phi) is 4.20. The molecule has 2 rings (SSSR count). The van der Waals surface area contributed by atoms with Crippen LogP contribution in [0.1, 0.15) is 21.6 Å². The molecule has 0 fully saturated rings. The minimum absolute atomic E-state index is 0.00941. The Hall–Kier alpha value is -1.72. The summed E-state index contributed by atoms with van der Waals surface area (Å²) >= 11 is 11.9. The smallest absolute Gasteiger partial charge is 0.339 e. The van der Waals surface area contributed by atoms with E-state index in [9.17, 15) is 4.79 Å². The van der Waals surface area contributed by atoms with Gasteiger partial charge in [-0.1, -0.05) is 23.2 Å². The number of carbonyl (C=O) groups is 1. The molecule has 0 saturated heterocycles. The fourth-order valence-corrected chi connectivity index (χ4v) is 2.18. The largest absolute Gasteiger partial charge is 0.488 e. The van der Waals surface area contributed by atoms with E-state index in [0.717, 1.165) is 11.3 Å². The average molecular weight is 315 g/mol. The third-order valence-electron chi connectivity index (χ3n) is 2.81. The highest BCUT2D eigenvalue weighted by atomic mass is 35.5. The number of hydrogen-bond acceptors (Lipinski definition) is 3. The lowest BCUT2D eigenvalue weighted by atomic mass is 10.2. The van der Waals surface area contributed by atoms with Crippen molar-refractivity contribution < 1.29 is 14.6 Å². The van der Waals surface area contributed by atoms with Crippen molar-refractivity contribution in [3.8, 4) is 5.75 Å². The Morgan fingerprint density at radius 2 is 2.15 bits per heavy atom. The van der Waals surface area contributed by atoms with Gasteiger partial charge in [0.2, 0.25) is 0 Å². The van der Waals surface area contributed by atoms with Crippen molar-refractivity contribution in [2.24, 2.45) is 7.05 Å². The highest BCUT2D eigenvalue weighted by molar-refractivity contribution is 6.31. The molecule has 0 radical (unpaired) electrons. The zero-order valence-corrected chi connectivity index (χ0v) is 12.4. The first kappa shape index (κ1) is 14.7. The quantitative estimate of drug-likeness (QED) is 0.940. The van der Waals surface area contributed by atoms with Gasteiger partial charge in [-0.15, -0.1) is 0 Å². The van der Waals surface area contributed by atoms with E-state index < -0.39 is 5.97 Å². The van der Waals surface area contributed by atoms with E-state index in [-0.39, 0.29) is 17.9 Å². The number of carboxylic acid groups (broad SMARTS) is 1. The van der Waals surface area contributed by atoms with Crippen molar-refractivity contribution >= 4 is 29.2 Å². The molecule has 1 aromatic heterocycles. The molecule has 1 aromatic carbocycles. The molecule has 0 unspecified atom stereocenters. The predicted octanol–water partition coefficient (Wildman–Crippen LogP) is 3.31. The van der Waals surface area contributed by atoms with Crippen molar-refractivity contribution in [1.82, 2.24) is 9.78 Å². The summed E-state index contributed by atoms with van der Waals surface area (Å²) in [4.78, 5) is 11.1. The lowest BCUT2D eigenvalue weighted by Crippen LogP contribution is -2.04. The zero-order valence-electron chi connectivity index (χ0n) is 10.9. The van der Waals surface area contributed by atoms with Gasteiger partial charge in [-0.05, 0) is 25.1 Å². The van der Waals surface area contributed by atoms with Crippen LogP contribution in [0.4, 0.5) is 0 Å².